The van der Waals surface area contributed by atoms with E-state index in [0.717, 1.165) is 0 Å². The monoisotopic (exact) mass is 400 g/mol. The van der Waals surface area contributed by atoms with Gasteiger partial charge in [0, 0.05) is 37.0 Å². The normalized spacial score (nSPS) is 13.9. The second-order valence-corrected chi connectivity index (χ2v) is 7.89. The highest BCUT2D eigenvalue weighted by molar-refractivity contribution is 5.74. The van der Waals surface area contributed by atoms with Gasteiger partial charge >= 0.3 is 11.9 Å². The highest BCUT2D eigenvalue weighted by atomic mass is 16.5. The molecule has 0 aliphatic heterocycles. The number of nitriles is 2. The van der Waals surface area contributed by atoms with Crippen LogP contribution in [-0.2, 0) is 9.59 Å². The van der Waals surface area contributed by atoms with E-state index >= 15 is 0 Å². The van der Waals surface area contributed by atoms with Gasteiger partial charge in [-0.2, -0.15) is 10.5 Å². The average Bonchev–Trinajstić information content (AvgIpc) is 2.59. The number of rotatable bonds is 7. The molecule has 29 heavy (non-hydrogen) atoms. The standard InChI is InChI=1S/C22H28N2O5/c1-12(2)17-8-18(28-14(5)25)20(16(10-23)9-22(7,27)11-24)19(13(3)4)21(17)29-15(6)26/h8,12-13,16,27H,9H2,1-7H3. The van der Waals surface area contributed by atoms with Crippen LogP contribution in [0.1, 0.15) is 89.3 Å². The van der Waals surface area contributed by atoms with Gasteiger partial charge in [0.05, 0.1) is 18.1 Å². The Bertz CT molecular complexity index is 873. The summed E-state index contributed by atoms with van der Waals surface area (Å²) in [7, 11) is 0. The largest absolute Gasteiger partial charge is 0.426 e. The lowest BCUT2D eigenvalue weighted by Gasteiger charge is -2.28. The van der Waals surface area contributed by atoms with Crippen LogP contribution in [0.15, 0.2) is 6.07 Å². The predicted octanol–water partition coefficient (Wildman–Crippen LogP) is 4.06. The van der Waals surface area contributed by atoms with Crippen LogP contribution >= 0.6 is 0 Å². The number of carbonyl (C=O) groups is 2. The maximum Gasteiger partial charge on any atom is 0.308 e. The molecule has 156 valence electrons. The maximum absolute atomic E-state index is 11.8. The molecule has 0 spiro atoms. The molecule has 0 fully saturated rings. The van der Waals surface area contributed by atoms with Crippen molar-refractivity contribution in [2.45, 2.75) is 78.2 Å². The van der Waals surface area contributed by atoms with Crippen molar-refractivity contribution in [2.75, 3.05) is 0 Å². The van der Waals surface area contributed by atoms with Gasteiger partial charge in [0.1, 0.15) is 17.1 Å². The van der Waals surface area contributed by atoms with E-state index in [2.05, 4.69) is 6.07 Å². The Morgan fingerprint density at radius 2 is 1.62 bits per heavy atom. The summed E-state index contributed by atoms with van der Waals surface area (Å²) in [5.74, 6) is -1.82. The third-order valence-electron chi connectivity index (χ3n) is 4.39. The van der Waals surface area contributed by atoms with Gasteiger partial charge in [-0.05, 0) is 24.8 Å². The van der Waals surface area contributed by atoms with Gasteiger partial charge in [0.2, 0.25) is 0 Å². The van der Waals surface area contributed by atoms with Crippen molar-refractivity contribution in [1.82, 2.24) is 0 Å². The van der Waals surface area contributed by atoms with Crippen molar-refractivity contribution in [3.05, 3.63) is 22.8 Å². The highest BCUT2D eigenvalue weighted by Crippen LogP contribution is 2.46. The van der Waals surface area contributed by atoms with E-state index in [1.54, 1.807) is 12.1 Å². The minimum absolute atomic E-state index is 0.0621. The first-order chi connectivity index (χ1) is 13.3. The molecule has 0 bridgehead atoms. The van der Waals surface area contributed by atoms with Crippen LogP contribution < -0.4 is 9.47 Å². The number of esters is 2. The third-order valence-corrected chi connectivity index (χ3v) is 4.39. The minimum atomic E-state index is -1.76. The molecule has 2 unspecified atom stereocenters. The molecule has 0 heterocycles. The quantitative estimate of drug-likeness (QED) is 0.416. The molecule has 0 saturated carbocycles. The number of hydrogen-bond acceptors (Lipinski definition) is 7. The number of hydrogen-bond donors (Lipinski definition) is 1. The van der Waals surface area contributed by atoms with E-state index in [4.69, 9.17) is 9.47 Å². The molecule has 7 nitrogen and oxygen atoms in total. The fourth-order valence-corrected chi connectivity index (χ4v) is 3.21. The van der Waals surface area contributed by atoms with E-state index in [-0.39, 0.29) is 24.0 Å². The van der Waals surface area contributed by atoms with Crippen molar-refractivity contribution < 1.29 is 24.2 Å². The zero-order valence-corrected chi connectivity index (χ0v) is 18.0. The van der Waals surface area contributed by atoms with Crippen LogP contribution in [0.2, 0.25) is 0 Å². The Hall–Kier alpha value is -2.90. The van der Waals surface area contributed by atoms with E-state index in [9.17, 15) is 25.2 Å². The average molecular weight is 400 g/mol. The molecule has 0 radical (unpaired) electrons. The maximum atomic E-state index is 11.8. The van der Waals surface area contributed by atoms with Crippen molar-refractivity contribution >= 4 is 11.9 Å². The first kappa shape index (κ1) is 24.1. The Kier molecular flexibility index (Phi) is 7.94. The van der Waals surface area contributed by atoms with Crippen molar-refractivity contribution in [1.29, 1.82) is 10.5 Å². The molecule has 2 atom stereocenters. The number of nitrogens with zero attached hydrogens (tertiary/aromatic N) is 2. The molecular weight excluding hydrogens is 372 g/mol. The number of carbonyl (C=O) groups excluding carboxylic acids is 2. The van der Waals surface area contributed by atoms with Gasteiger partial charge in [-0.3, -0.25) is 9.59 Å². The molecule has 1 aromatic carbocycles. The SMILES string of the molecule is CC(=O)Oc1cc(C(C)C)c(OC(C)=O)c(C(C)C)c1C(C#N)CC(C)(O)C#N. The molecule has 1 N–H and O–H groups in total. The van der Waals surface area contributed by atoms with Gasteiger partial charge in [-0.25, -0.2) is 0 Å². The fraction of sp³-hybridized carbons (Fsp3) is 0.545. The summed E-state index contributed by atoms with van der Waals surface area (Å²) in [4.78, 5) is 23.5. The predicted molar refractivity (Wildman–Crippen MR) is 106 cm³/mol. The lowest BCUT2D eigenvalue weighted by Crippen LogP contribution is -2.25. The molecule has 1 aromatic rings. The molecular formula is C22H28N2O5. The fourth-order valence-electron chi connectivity index (χ4n) is 3.21. The summed E-state index contributed by atoms with van der Waals surface area (Å²) in [6.07, 6.45) is -0.200. The van der Waals surface area contributed by atoms with Crippen molar-refractivity contribution in [2.24, 2.45) is 0 Å². The smallest absolute Gasteiger partial charge is 0.308 e. The first-order valence-electron chi connectivity index (χ1n) is 9.45. The number of aliphatic hydroxyl groups is 1. The summed E-state index contributed by atoms with van der Waals surface area (Å²) in [6, 6.07) is 5.47. The van der Waals surface area contributed by atoms with Crippen LogP contribution in [-0.4, -0.2) is 22.6 Å². The van der Waals surface area contributed by atoms with Gasteiger partial charge in [0.15, 0.2) is 0 Å². The van der Waals surface area contributed by atoms with Gasteiger partial charge in [-0.1, -0.05) is 27.7 Å². The van der Waals surface area contributed by atoms with Crippen LogP contribution in [0.3, 0.4) is 0 Å². The number of benzene rings is 1. The molecule has 0 aromatic heterocycles. The zero-order valence-electron chi connectivity index (χ0n) is 18.0. The molecule has 7 heteroatoms. The van der Waals surface area contributed by atoms with Crippen molar-refractivity contribution in [3.63, 3.8) is 0 Å². The van der Waals surface area contributed by atoms with Crippen molar-refractivity contribution in [3.8, 4) is 23.6 Å². The third kappa shape index (κ3) is 6.04. The van der Waals surface area contributed by atoms with Crippen LogP contribution in [0.25, 0.3) is 0 Å². The second-order valence-electron chi connectivity index (χ2n) is 7.89. The molecule has 0 saturated heterocycles. The van der Waals surface area contributed by atoms with E-state index in [1.807, 2.05) is 27.7 Å². The van der Waals surface area contributed by atoms with Crippen LogP contribution in [0.4, 0.5) is 0 Å². The molecule has 0 aliphatic carbocycles. The Labute approximate surface area is 171 Å². The molecule has 1 rings (SSSR count). The van der Waals surface area contributed by atoms with E-state index in [1.165, 1.54) is 20.8 Å². The number of ether oxygens (including phenoxy) is 2. The summed E-state index contributed by atoms with van der Waals surface area (Å²) < 4.78 is 11.0. The summed E-state index contributed by atoms with van der Waals surface area (Å²) in [5, 5.41) is 29.3. The zero-order chi connectivity index (χ0) is 22.5. The first-order valence-corrected chi connectivity index (χ1v) is 9.45. The van der Waals surface area contributed by atoms with Crippen LogP contribution in [0.5, 0.6) is 11.5 Å². The highest BCUT2D eigenvalue weighted by Gasteiger charge is 2.34. The van der Waals surface area contributed by atoms with E-state index in [0.29, 0.717) is 22.4 Å². The Morgan fingerprint density at radius 3 is 2.00 bits per heavy atom. The second kappa shape index (κ2) is 9.54. The molecule has 0 aliphatic rings. The van der Waals surface area contributed by atoms with Gasteiger partial charge in [-0.15, -0.1) is 0 Å². The van der Waals surface area contributed by atoms with Gasteiger partial charge < -0.3 is 14.6 Å². The topological polar surface area (TPSA) is 120 Å². The van der Waals surface area contributed by atoms with Crippen LogP contribution in [0, 0.1) is 22.7 Å². The van der Waals surface area contributed by atoms with Gasteiger partial charge in [0.25, 0.3) is 0 Å². The lowest BCUT2D eigenvalue weighted by atomic mass is 9.80. The Morgan fingerprint density at radius 1 is 1.07 bits per heavy atom. The summed E-state index contributed by atoms with van der Waals surface area (Å²) >= 11 is 0. The summed E-state index contributed by atoms with van der Waals surface area (Å²) in [6.45, 7) is 11.4. The minimum Gasteiger partial charge on any atom is -0.426 e. The molecule has 0 amide bonds. The summed E-state index contributed by atoms with van der Waals surface area (Å²) in [5.41, 5.74) is -0.218. The lowest BCUT2D eigenvalue weighted by molar-refractivity contribution is -0.133. The Balaban J connectivity index is 3.99. The van der Waals surface area contributed by atoms with E-state index < -0.39 is 23.5 Å².